The summed E-state index contributed by atoms with van der Waals surface area (Å²) in [5, 5.41) is 2.76. The van der Waals surface area contributed by atoms with Gasteiger partial charge in [0.15, 0.2) is 0 Å². The number of carbonyl (C=O) groups is 1. The van der Waals surface area contributed by atoms with Gasteiger partial charge in [-0.25, -0.2) is 0 Å². The first-order valence-electron chi connectivity index (χ1n) is 6.33. The predicted molar refractivity (Wildman–Crippen MR) is 82.5 cm³/mol. The minimum absolute atomic E-state index is 0.180. The fourth-order valence-corrected chi connectivity index (χ4v) is 2.37. The van der Waals surface area contributed by atoms with Crippen molar-refractivity contribution in [2.24, 2.45) is 5.73 Å². The molecule has 0 fully saturated rings. The first kappa shape index (κ1) is 14.6. The average Bonchev–Trinajstić information content (AvgIpc) is 2.47. The third-order valence-corrected chi connectivity index (χ3v) is 3.75. The molecule has 20 heavy (non-hydrogen) atoms. The van der Waals surface area contributed by atoms with Crippen LogP contribution in [-0.2, 0) is 10.5 Å². The molecule has 4 nitrogen and oxygen atoms in total. The number of rotatable bonds is 5. The number of nitrogens with two attached hydrogens (primary N) is 1. The van der Waals surface area contributed by atoms with Crippen molar-refractivity contribution in [1.29, 1.82) is 0 Å². The van der Waals surface area contributed by atoms with E-state index in [-0.39, 0.29) is 5.91 Å². The van der Waals surface area contributed by atoms with Crippen LogP contribution in [0.15, 0.2) is 53.7 Å². The van der Waals surface area contributed by atoms with E-state index in [9.17, 15) is 4.79 Å². The molecule has 0 aliphatic carbocycles. The van der Waals surface area contributed by atoms with Gasteiger partial charge in [0.05, 0.1) is 6.04 Å². The highest BCUT2D eigenvalue weighted by Gasteiger charge is 2.07. The Morgan fingerprint density at radius 2 is 2.10 bits per heavy atom. The van der Waals surface area contributed by atoms with E-state index in [0.717, 1.165) is 16.3 Å². The van der Waals surface area contributed by atoms with Crippen LogP contribution in [-0.4, -0.2) is 16.9 Å². The van der Waals surface area contributed by atoms with Crippen LogP contribution in [0.4, 0.5) is 5.69 Å². The van der Waals surface area contributed by atoms with Crippen molar-refractivity contribution in [2.45, 2.75) is 23.6 Å². The van der Waals surface area contributed by atoms with Gasteiger partial charge in [0.25, 0.3) is 0 Å². The maximum Gasteiger partial charge on any atom is 0.240 e. The van der Waals surface area contributed by atoms with Gasteiger partial charge in [0.2, 0.25) is 5.91 Å². The lowest BCUT2D eigenvalue weighted by Crippen LogP contribution is -2.32. The van der Waals surface area contributed by atoms with Gasteiger partial charge in [-0.05, 0) is 42.8 Å². The summed E-state index contributed by atoms with van der Waals surface area (Å²) in [6, 6.07) is 11.2. The molecule has 3 N–H and O–H groups in total. The van der Waals surface area contributed by atoms with Gasteiger partial charge in [0, 0.05) is 28.7 Å². The van der Waals surface area contributed by atoms with Crippen LogP contribution in [0.5, 0.6) is 0 Å². The van der Waals surface area contributed by atoms with Crippen molar-refractivity contribution in [3.63, 3.8) is 0 Å². The number of nitrogens with one attached hydrogen (secondary N) is 1. The molecule has 1 amide bonds. The first-order chi connectivity index (χ1) is 9.65. The van der Waals surface area contributed by atoms with E-state index in [1.807, 2.05) is 36.5 Å². The molecule has 5 heteroatoms. The Kier molecular flexibility index (Phi) is 5.15. The summed E-state index contributed by atoms with van der Waals surface area (Å²) in [5.74, 6) is 0.695. The van der Waals surface area contributed by atoms with Crippen LogP contribution in [0.1, 0.15) is 12.5 Å². The number of aromatic nitrogens is 1. The monoisotopic (exact) mass is 287 g/mol. The molecule has 2 rings (SSSR count). The number of hydrogen-bond acceptors (Lipinski definition) is 4. The molecule has 0 unspecified atom stereocenters. The van der Waals surface area contributed by atoms with E-state index in [1.165, 1.54) is 5.56 Å². The zero-order valence-corrected chi connectivity index (χ0v) is 12.1. The number of amides is 1. The highest BCUT2D eigenvalue weighted by molar-refractivity contribution is 7.98. The van der Waals surface area contributed by atoms with E-state index in [0.29, 0.717) is 0 Å². The van der Waals surface area contributed by atoms with Gasteiger partial charge in [-0.1, -0.05) is 6.07 Å². The van der Waals surface area contributed by atoms with E-state index in [4.69, 9.17) is 5.73 Å². The molecule has 0 radical (unpaired) electrons. The topological polar surface area (TPSA) is 68.0 Å². The second-order valence-electron chi connectivity index (χ2n) is 4.45. The summed E-state index contributed by atoms with van der Waals surface area (Å²) in [4.78, 5) is 16.7. The zero-order chi connectivity index (χ0) is 14.4. The smallest absolute Gasteiger partial charge is 0.240 e. The Labute approximate surface area is 122 Å². The third kappa shape index (κ3) is 4.36. The molecule has 1 heterocycles. The Balaban J connectivity index is 1.90. The van der Waals surface area contributed by atoms with Gasteiger partial charge in [-0.15, -0.1) is 11.8 Å². The predicted octanol–water partition coefficient (Wildman–Crippen LogP) is 2.66. The second kappa shape index (κ2) is 7.07. The lowest BCUT2D eigenvalue weighted by Gasteiger charge is -2.08. The van der Waals surface area contributed by atoms with Crippen molar-refractivity contribution in [3.8, 4) is 0 Å². The number of hydrogen-bond donors (Lipinski definition) is 2. The van der Waals surface area contributed by atoms with Crippen LogP contribution >= 0.6 is 11.8 Å². The molecule has 1 aromatic carbocycles. The molecule has 2 aromatic rings. The van der Waals surface area contributed by atoms with Gasteiger partial charge in [-0.2, -0.15) is 0 Å². The second-order valence-corrected chi connectivity index (χ2v) is 5.50. The lowest BCUT2D eigenvalue weighted by molar-refractivity contribution is -0.117. The van der Waals surface area contributed by atoms with Gasteiger partial charge < -0.3 is 11.1 Å². The molecule has 0 bridgehead atoms. The normalized spacial score (nSPS) is 11.9. The minimum Gasteiger partial charge on any atom is -0.325 e. The molecule has 0 aliphatic heterocycles. The number of anilines is 1. The maximum atomic E-state index is 11.5. The molecular weight excluding hydrogens is 270 g/mol. The minimum atomic E-state index is -0.505. The van der Waals surface area contributed by atoms with Crippen molar-refractivity contribution >= 4 is 23.4 Å². The molecule has 0 saturated heterocycles. The molecule has 0 saturated carbocycles. The number of carbonyl (C=O) groups excluding carboxylic acids is 1. The Morgan fingerprint density at radius 1 is 1.35 bits per heavy atom. The van der Waals surface area contributed by atoms with Crippen molar-refractivity contribution < 1.29 is 4.79 Å². The van der Waals surface area contributed by atoms with Crippen molar-refractivity contribution in [2.75, 3.05) is 5.32 Å². The van der Waals surface area contributed by atoms with E-state index < -0.39 is 6.04 Å². The molecule has 0 spiro atoms. The van der Waals surface area contributed by atoms with Crippen molar-refractivity contribution in [3.05, 3.63) is 54.4 Å². The van der Waals surface area contributed by atoms with Crippen LogP contribution in [0.25, 0.3) is 0 Å². The summed E-state index contributed by atoms with van der Waals surface area (Å²) in [5.41, 5.74) is 7.45. The largest absolute Gasteiger partial charge is 0.325 e. The zero-order valence-electron chi connectivity index (χ0n) is 11.2. The van der Waals surface area contributed by atoms with E-state index in [2.05, 4.69) is 16.4 Å². The third-order valence-electron chi connectivity index (χ3n) is 2.66. The summed E-state index contributed by atoms with van der Waals surface area (Å²) in [7, 11) is 0. The molecule has 0 aliphatic rings. The standard InChI is InChI=1S/C15H17N3OS/c1-11(16)15(19)18-13-4-6-14(7-5-13)20-10-12-3-2-8-17-9-12/h2-9,11H,10,16H2,1H3,(H,18,19)/t11-/m1/s1. The maximum absolute atomic E-state index is 11.5. The first-order valence-corrected chi connectivity index (χ1v) is 7.32. The summed E-state index contributed by atoms with van der Waals surface area (Å²) in [6.07, 6.45) is 3.63. The highest BCUT2D eigenvalue weighted by atomic mass is 32.2. The summed E-state index contributed by atoms with van der Waals surface area (Å²) >= 11 is 1.73. The Bertz CT molecular complexity index is 555. The number of thioether (sulfide) groups is 1. The highest BCUT2D eigenvalue weighted by Crippen LogP contribution is 2.23. The Hall–Kier alpha value is -1.85. The lowest BCUT2D eigenvalue weighted by atomic mass is 10.3. The molecule has 1 aromatic heterocycles. The fourth-order valence-electron chi connectivity index (χ4n) is 1.54. The number of nitrogens with zero attached hydrogens (tertiary/aromatic N) is 1. The summed E-state index contributed by atoms with van der Waals surface area (Å²) < 4.78 is 0. The van der Waals surface area contributed by atoms with E-state index >= 15 is 0 Å². The van der Waals surface area contributed by atoms with Crippen LogP contribution in [0.3, 0.4) is 0 Å². The number of benzene rings is 1. The SMILES string of the molecule is C[C@@H](N)C(=O)Nc1ccc(SCc2cccnc2)cc1. The average molecular weight is 287 g/mol. The quantitative estimate of drug-likeness (QED) is 0.830. The van der Waals surface area contributed by atoms with Gasteiger partial charge >= 0.3 is 0 Å². The fraction of sp³-hybridized carbons (Fsp3) is 0.200. The number of pyridine rings is 1. The molecule has 104 valence electrons. The van der Waals surface area contributed by atoms with Gasteiger partial charge in [0.1, 0.15) is 0 Å². The summed E-state index contributed by atoms with van der Waals surface area (Å²) in [6.45, 7) is 1.66. The van der Waals surface area contributed by atoms with Crippen LogP contribution < -0.4 is 11.1 Å². The molecule has 1 atom stereocenters. The van der Waals surface area contributed by atoms with Crippen molar-refractivity contribution in [1.82, 2.24) is 4.98 Å². The van der Waals surface area contributed by atoms with Crippen LogP contribution in [0.2, 0.25) is 0 Å². The van der Waals surface area contributed by atoms with Gasteiger partial charge in [-0.3, -0.25) is 9.78 Å². The molecular formula is C15H17N3OS. The Morgan fingerprint density at radius 3 is 2.70 bits per heavy atom. The van der Waals surface area contributed by atoms with Crippen LogP contribution in [0, 0.1) is 0 Å². The van der Waals surface area contributed by atoms with E-state index in [1.54, 1.807) is 24.9 Å².